The van der Waals surface area contributed by atoms with E-state index in [-0.39, 0.29) is 18.6 Å². The van der Waals surface area contributed by atoms with Crippen LogP contribution in [0.25, 0.3) is 0 Å². The van der Waals surface area contributed by atoms with Crippen molar-refractivity contribution in [2.75, 3.05) is 26.7 Å². The molecular formula is C19H29N3O3. The quantitative estimate of drug-likeness (QED) is 0.515. The van der Waals surface area contributed by atoms with Gasteiger partial charge in [0.1, 0.15) is 24.0 Å². The first kappa shape index (κ1) is 19.1. The summed E-state index contributed by atoms with van der Waals surface area (Å²) in [5, 5.41) is 3.09. The highest BCUT2D eigenvalue weighted by atomic mass is 16.6. The molecule has 25 heavy (non-hydrogen) atoms. The van der Waals surface area contributed by atoms with Crippen LogP contribution in [0.5, 0.6) is 5.75 Å². The molecule has 0 saturated carbocycles. The fraction of sp³-hybridized carbons (Fsp3) is 0.579. The lowest BCUT2D eigenvalue weighted by molar-refractivity contribution is -0.153. The number of para-hydroxylation sites is 1. The average molecular weight is 347 g/mol. The number of carbonyl (C=O) groups is 1. The summed E-state index contributed by atoms with van der Waals surface area (Å²) in [7, 11) is 1.73. The third-order valence-electron chi connectivity index (χ3n) is 3.81. The molecule has 1 aromatic carbocycles. The van der Waals surface area contributed by atoms with Gasteiger partial charge in [0.25, 0.3) is 0 Å². The minimum absolute atomic E-state index is 0.115. The maximum atomic E-state index is 11.8. The number of esters is 1. The molecule has 1 aromatic rings. The highest BCUT2D eigenvalue weighted by Gasteiger charge is 2.23. The van der Waals surface area contributed by atoms with Gasteiger partial charge in [-0.1, -0.05) is 18.2 Å². The van der Waals surface area contributed by atoms with Crippen molar-refractivity contribution in [1.82, 2.24) is 10.2 Å². The van der Waals surface area contributed by atoms with Gasteiger partial charge in [0.2, 0.25) is 0 Å². The van der Waals surface area contributed by atoms with Gasteiger partial charge >= 0.3 is 5.97 Å². The molecule has 1 fully saturated rings. The molecule has 0 atom stereocenters. The normalized spacial score (nSPS) is 16.5. The van der Waals surface area contributed by atoms with Gasteiger partial charge in [0, 0.05) is 33.0 Å². The molecule has 6 heteroatoms. The highest BCUT2D eigenvalue weighted by molar-refractivity contribution is 5.84. The minimum Gasteiger partial charge on any atom is -0.490 e. The van der Waals surface area contributed by atoms with Crippen molar-refractivity contribution in [3.63, 3.8) is 0 Å². The second-order valence-electron chi connectivity index (χ2n) is 7.10. The summed E-state index contributed by atoms with van der Waals surface area (Å²) in [4.78, 5) is 18.3. The Balaban J connectivity index is 1.77. The molecule has 1 heterocycles. The number of hydrogen-bond acceptors (Lipinski definition) is 4. The minimum atomic E-state index is -0.477. The number of piperidine rings is 1. The molecule has 0 spiro atoms. The van der Waals surface area contributed by atoms with Gasteiger partial charge < -0.3 is 19.7 Å². The van der Waals surface area contributed by atoms with Crippen LogP contribution in [0.3, 0.4) is 0 Å². The van der Waals surface area contributed by atoms with Crippen LogP contribution in [0.2, 0.25) is 0 Å². The lowest BCUT2D eigenvalue weighted by atomic mass is 10.1. The molecule has 6 nitrogen and oxygen atoms in total. The van der Waals surface area contributed by atoms with Gasteiger partial charge in [-0.2, -0.15) is 0 Å². The van der Waals surface area contributed by atoms with Crippen LogP contribution < -0.4 is 10.1 Å². The van der Waals surface area contributed by atoms with Crippen molar-refractivity contribution in [2.45, 2.75) is 45.3 Å². The summed E-state index contributed by atoms with van der Waals surface area (Å²) in [5.41, 5.74) is -0.477. The van der Waals surface area contributed by atoms with E-state index in [1.54, 1.807) is 7.05 Å². The molecule has 0 bridgehead atoms. The van der Waals surface area contributed by atoms with E-state index < -0.39 is 5.60 Å². The molecule has 138 valence electrons. The zero-order valence-electron chi connectivity index (χ0n) is 15.6. The van der Waals surface area contributed by atoms with Gasteiger partial charge in [-0.3, -0.25) is 9.79 Å². The Bertz CT molecular complexity index is 573. The van der Waals surface area contributed by atoms with E-state index in [1.807, 2.05) is 51.1 Å². The Hall–Kier alpha value is -2.24. The van der Waals surface area contributed by atoms with Crippen LogP contribution >= 0.6 is 0 Å². The predicted molar refractivity (Wildman–Crippen MR) is 98.9 cm³/mol. The number of nitrogens with one attached hydrogen (secondary N) is 1. The summed E-state index contributed by atoms with van der Waals surface area (Å²) in [6, 6.07) is 9.90. The summed E-state index contributed by atoms with van der Waals surface area (Å²) in [5.74, 6) is 1.35. The zero-order chi connectivity index (χ0) is 18.3. The van der Waals surface area contributed by atoms with Crippen molar-refractivity contribution in [3.8, 4) is 5.75 Å². The molecule has 0 aliphatic carbocycles. The van der Waals surface area contributed by atoms with Crippen molar-refractivity contribution < 1.29 is 14.3 Å². The van der Waals surface area contributed by atoms with Gasteiger partial charge in [-0.25, -0.2) is 0 Å². The molecule has 1 N–H and O–H groups in total. The van der Waals surface area contributed by atoms with Crippen molar-refractivity contribution in [2.24, 2.45) is 4.99 Å². The number of ether oxygens (including phenoxy) is 2. The average Bonchev–Trinajstić information content (AvgIpc) is 2.56. The molecule has 1 aliphatic heterocycles. The van der Waals surface area contributed by atoms with Gasteiger partial charge in [0.05, 0.1) is 0 Å². The van der Waals surface area contributed by atoms with Gasteiger partial charge in [0.15, 0.2) is 5.96 Å². The molecule has 1 aliphatic rings. The van der Waals surface area contributed by atoms with E-state index in [0.29, 0.717) is 0 Å². The maximum absolute atomic E-state index is 11.8. The number of carbonyl (C=O) groups excluding carboxylic acids is 1. The third-order valence-corrected chi connectivity index (χ3v) is 3.81. The SMILES string of the molecule is CN=C(NCC(=O)OC(C)(C)C)N1CCC(Oc2ccccc2)CC1. The van der Waals surface area contributed by atoms with Crippen molar-refractivity contribution in [3.05, 3.63) is 30.3 Å². The van der Waals surface area contributed by atoms with E-state index >= 15 is 0 Å². The Morgan fingerprint density at radius 3 is 2.44 bits per heavy atom. The highest BCUT2D eigenvalue weighted by Crippen LogP contribution is 2.18. The van der Waals surface area contributed by atoms with Gasteiger partial charge in [-0.05, 0) is 32.9 Å². The number of hydrogen-bond donors (Lipinski definition) is 1. The van der Waals surface area contributed by atoms with E-state index in [9.17, 15) is 4.79 Å². The fourth-order valence-corrected chi connectivity index (χ4v) is 2.74. The van der Waals surface area contributed by atoms with Crippen LogP contribution in [0.4, 0.5) is 0 Å². The van der Waals surface area contributed by atoms with E-state index in [0.717, 1.165) is 37.6 Å². The van der Waals surface area contributed by atoms with Crippen molar-refractivity contribution in [1.29, 1.82) is 0 Å². The fourth-order valence-electron chi connectivity index (χ4n) is 2.74. The van der Waals surface area contributed by atoms with Crippen LogP contribution in [0, 0.1) is 0 Å². The molecule has 0 unspecified atom stereocenters. The standard InChI is InChI=1S/C19H29N3O3/c1-19(2,3)25-17(23)14-21-18(20-4)22-12-10-16(11-13-22)24-15-8-6-5-7-9-15/h5-9,16H,10-14H2,1-4H3,(H,20,21). The monoisotopic (exact) mass is 347 g/mol. The Labute approximate surface area is 150 Å². The lowest BCUT2D eigenvalue weighted by Crippen LogP contribution is -2.49. The maximum Gasteiger partial charge on any atom is 0.325 e. The topological polar surface area (TPSA) is 63.2 Å². The van der Waals surface area contributed by atoms with Crippen LogP contribution in [-0.4, -0.2) is 55.2 Å². The molecule has 1 saturated heterocycles. The van der Waals surface area contributed by atoms with Crippen LogP contribution in [-0.2, 0) is 9.53 Å². The number of rotatable bonds is 4. The lowest BCUT2D eigenvalue weighted by Gasteiger charge is -2.34. The molecule has 0 amide bonds. The second-order valence-corrected chi connectivity index (χ2v) is 7.10. The molecular weight excluding hydrogens is 318 g/mol. The van der Waals surface area contributed by atoms with Crippen LogP contribution in [0.15, 0.2) is 35.3 Å². The number of benzene rings is 1. The first-order valence-electron chi connectivity index (χ1n) is 8.76. The summed E-state index contributed by atoms with van der Waals surface area (Å²) in [6.45, 7) is 7.37. The molecule has 0 aromatic heterocycles. The predicted octanol–water partition coefficient (Wildman–Crippen LogP) is 2.45. The van der Waals surface area contributed by atoms with E-state index in [4.69, 9.17) is 9.47 Å². The summed E-state index contributed by atoms with van der Waals surface area (Å²) in [6.07, 6.45) is 2.05. The number of likely N-dealkylation sites (tertiary alicyclic amines) is 1. The van der Waals surface area contributed by atoms with Crippen molar-refractivity contribution >= 4 is 11.9 Å². The first-order valence-corrected chi connectivity index (χ1v) is 8.76. The second kappa shape index (κ2) is 8.74. The van der Waals surface area contributed by atoms with Crippen LogP contribution in [0.1, 0.15) is 33.6 Å². The zero-order valence-corrected chi connectivity index (χ0v) is 15.6. The summed E-state index contributed by atoms with van der Waals surface area (Å²) < 4.78 is 11.3. The molecule has 2 rings (SSSR count). The third kappa shape index (κ3) is 6.64. The number of guanidine groups is 1. The number of nitrogens with zero attached hydrogens (tertiary/aromatic N) is 2. The Morgan fingerprint density at radius 2 is 1.88 bits per heavy atom. The smallest absolute Gasteiger partial charge is 0.325 e. The first-order chi connectivity index (χ1) is 11.9. The Morgan fingerprint density at radius 1 is 1.24 bits per heavy atom. The molecule has 0 radical (unpaired) electrons. The number of aliphatic imine (C=N–C) groups is 1. The summed E-state index contributed by atoms with van der Waals surface area (Å²) >= 11 is 0. The largest absolute Gasteiger partial charge is 0.490 e. The van der Waals surface area contributed by atoms with E-state index in [1.165, 1.54) is 0 Å². The van der Waals surface area contributed by atoms with Gasteiger partial charge in [-0.15, -0.1) is 0 Å². The van der Waals surface area contributed by atoms with E-state index in [2.05, 4.69) is 15.2 Å². The Kier molecular flexibility index (Phi) is 6.67.